The van der Waals surface area contributed by atoms with Gasteiger partial charge in [-0.25, -0.2) is 4.79 Å². The maximum atomic E-state index is 10.7. The van der Waals surface area contributed by atoms with Crippen LogP contribution >= 0.6 is 12.4 Å². The summed E-state index contributed by atoms with van der Waals surface area (Å²) in [6.45, 7) is 0.324. The monoisotopic (exact) mass is 217 g/mol. The molecule has 0 aliphatic rings. The lowest BCUT2D eigenvalue weighted by Gasteiger charge is -2.05. The van der Waals surface area contributed by atoms with Crippen molar-refractivity contribution in [2.45, 2.75) is 6.54 Å². The van der Waals surface area contributed by atoms with Crippen molar-refractivity contribution in [3.63, 3.8) is 0 Å². The lowest BCUT2D eigenvalue weighted by molar-refractivity contribution is 0.0693. The second kappa shape index (κ2) is 5.47. The molecule has 0 unspecified atom stereocenters. The fourth-order valence-corrected chi connectivity index (χ4v) is 1.05. The van der Waals surface area contributed by atoms with E-state index < -0.39 is 5.97 Å². The zero-order valence-corrected chi connectivity index (χ0v) is 8.50. The van der Waals surface area contributed by atoms with Crippen molar-refractivity contribution in [2.24, 2.45) is 5.73 Å². The molecule has 5 heteroatoms. The first-order valence-electron chi connectivity index (χ1n) is 3.79. The van der Waals surface area contributed by atoms with Gasteiger partial charge in [-0.1, -0.05) is 6.07 Å². The number of methoxy groups -OCH3 is 1. The van der Waals surface area contributed by atoms with Gasteiger partial charge in [-0.05, 0) is 17.7 Å². The van der Waals surface area contributed by atoms with Crippen LogP contribution < -0.4 is 10.5 Å². The van der Waals surface area contributed by atoms with Gasteiger partial charge in [0.05, 0.1) is 7.11 Å². The van der Waals surface area contributed by atoms with E-state index in [4.69, 9.17) is 15.6 Å². The first-order valence-corrected chi connectivity index (χ1v) is 3.79. The van der Waals surface area contributed by atoms with Crippen LogP contribution in [0.25, 0.3) is 0 Å². The summed E-state index contributed by atoms with van der Waals surface area (Å²) in [4.78, 5) is 10.7. The molecule has 0 aliphatic carbocycles. The fraction of sp³-hybridized carbons (Fsp3) is 0.222. The summed E-state index contributed by atoms with van der Waals surface area (Å²) in [5.41, 5.74) is 6.30. The highest BCUT2D eigenvalue weighted by atomic mass is 35.5. The van der Waals surface area contributed by atoms with Gasteiger partial charge in [0.15, 0.2) is 0 Å². The first-order chi connectivity index (χ1) is 6.19. The van der Waals surface area contributed by atoms with Gasteiger partial charge < -0.3 is 15.6 Å². The number of rotatable bonds is 3. The minimum Gasteiger partial charge on any atom is -0.496 e. The number of carboxylic acid groups (broad SMARTS) is 1. The molecule has 0 spiro atoms. The van der Waals surface area contributed by atoms with Crippen molar-refractivity contribution in [1.82, 2.24) is 0 Å². The van der Waals surface area contributed by atoms with E-state index in [0.29, 0.717) is 12.3 Å². The quantitative estimate of drug-likeness (QED) is 0.800. The maximum absolute atomic E-state index is 10.7. The van der Waals surface area contributed by atoms with Gasteiger partial charge in [0, 0.05) is 6.54 Å². The standard InChI is InChI=1S/C9H11NO3.ClH/c1-13-8-3-2-6(5-10)4-7(8)9(11)12;/h2-4H,5,10H2,1H3,(H,11,12);1H. The molecular weight excluding hydrogens is 206 g/mol. The Morgan fingerprint density at radius 1 is 1.57 bits per heavy atom. The molecule has 0 bridgehead atoms. The van der Waals surface area contributed by atoms with Crippen molar-refractivity contribution in [3.05, 3.63) is 29.3 Å². The third kappa shape index (κ3) is 2.61. The smallest absolute Gasteiger partial charge is 0.339 e. The number of carbonyl (C=O) groups is 1. The summed E-state index contributed by atoms with van der Waals surface area (Å²) in [5.74, 6) is -0.656. The molecule has 78 valence electrons. The molecule has 0 heterocycles. The summed E-state index contributed by atoms with van der Waals surface area (Å²) in [5, 5.41) is 8.80. The number of halogens is 1. The van der Waals surface area contributed by atoms with Crippen molar-refractivity contribution >= 4 is 18.4 Å². The summed E-state index contributed by atoms with van der Waals surface area (Å²) < 4.78 is 4.88. The van der Waals surface area contributed by atoms with Gasteiger partial charge in [-0.2, -0.15) is 0 Å². The molecule has 0 fully saturated rings. The number of nitrogens with two attached hydrogens (primary N) is 1. The van der Waals surface area contributed by atoms with Crippen LogP contribution in [0.3, 0.4) is 0 Å². The van der Waals surface area contributed by atoms with Gasteiger partial charge in [0.2, 0.25) is 0 Å². The molecule has 0 aliphatic heterocycles. The van der Waals surface area contributed by atoms with Gasteiger partial charge in [0.25, 0.3) is 0 Å². The number of benzene rings is 1. The predicted molar refractivity (Wildman–Crippen MR) is 55.1 cm³/mol. The fourth-order valence-electron chi connectivity index (χ4n) is 1.05. The molecule has 0 saturated carbocycles. The topological polar surface area (TPSA) is 72.5 Å². The first kappa shape index (κ1) is 12.7. The molecule has 3 N–H and O–H groups in total. The molecule has 1 aromatic carbocycles. The zero-order valence-electron chi connectivity index (χ0n) is 7.69. The Balaban J connectivity index is 0.00000169. The van der Waals surface area contributed by atoms with Crippen molar-refractivity contribution < 1.29 is 14.6 Å². The van der Waals surface area contributed by atoms with E-state index in [1.807, 2.05) is 0 Å². The minimum atomic E-state index is -1.01. The van der Waals surface area contributed by atoms with Gasteiger partial charge in [-0.3, -0.25) is 0 Å². The lowest BCUT2D eigenvalue weighted by atomic mass is 10.1. The number of aromatic carboxylic acids is 1. The van der Waals surface area contributed by atoms with Crippen LogP contribution in [0.2, 0.25) is 0 Å². The van der Waals surface area contributed by atoms with E-state index in [2.05, 4.69) is 0 Å². The molecule has 0 amide bonds. The van der Waals surface area contributed by atoms with Gasteiger partial charge >= 0.3 is 5.97 Å². The van der Waals surface area contributed by atoms with E-state index in [1.165, 1.54) is 13.2 Å². The third-order valence-electron chi connectivity index (χ3n) is 1.73. The molecule has 0 atom stereocenters. The van der Waals surface area contributed by atoms with Crippen LogP contribution in [0.4, 0.5) is 0 Å². The van der Waals surface area contributed by atoms with Crippen LogP contribution in [0.1, 0.15) is 15.9 Å². The van der Waals surface area contributed by atoms with E-state index in [1.54, 1.807) is 12.1 Å². The Labute approximate surface area is 88.1 Å². The maximum Gasteiger partial charge on any atom is 0.339 e. The molecule has 1 aromatic rings. The molecule has 14 heavy (non-hydrogen) atoms. The van der Waals surface area contributed by atoms with Crippen LogP contribution in [0, 0.1) is 0 Å². The lowest BCUT2D eigenvalue weighted by Crippen LogP contribution is -2.03. The van der Waals surface area contributed by atoms with Crippen molar-refractivity contribution in [2.75, 3.05) is 7.11 Å². The molecular formula is C9H12ClNO3. The number of hydrogen-bond donors (Lipinski definition) is 2. The van der Waals surface area contributed by atoms with Gasteiger partial charge in [0.1, 0.15) is 11.3 Å². The molecule has 0 saturated heterocycles. The molecule has 4 nitrogen and oxygen atoms in total. The highest BCUT2D eigenvalue weighted by Crippen LogP contribution is 2.19. The number of ether oxygens (including phenoxy) is 1. The van der Waals surface area contributed by atoms with Crippen LogP contribution in [0.15, 0.2) is 18.2 Å². The van der Waals surface area contributed by atoms with Crippen molar-refractivity contribution in [3.8, 4) is 5.75 Å². The second-order valence-corrected chi connectivity index (χ2v) is 2.54. The Morgan fingerprint density at radius 2 is 2.21 bits per heavy atom. The number of carboxylic acids is 1. The highest BCUT2D eigenvalue weighted by Gasteiger charge is 2.10. The second-order valence-electron chi connectivity index (χ2n) is 2.54. The van der Waals surface area contributed by atoms with E-state index in [9.17, 15) is 4.79 Å². The largest absolute Gasteiger partial charge is 0.496 e. The van der Waals surface area contributed by atoms with Crippen LogP contribution in [-0.2, 0) is 6.54 Å². The Morgan fingerprint density at radius 3 is 2.64 bits per heavy atom. The summed E-state index contributed by atoms with van der Waals surface area (Å²) >= 11 is 0. The SMILES string of the molecule is COc1ccc(CN)cc1C(=O)O.Cl. The Kier molecular flexibility index (Phi) is 4.97. The van der Waals surface area contributed by atoms with E-state index in [-0.39, 0.29) is 18.0 Å². The summed E-state index contributed by atoms with van der Waals surface area (Å²) in [6.07, 6.45) is 0. The Bertz CT molecular complexity index is 328. The number of hydrogen-bond acceptors (Lipinski definition) is 3. The summed E-state index contributed by atoms with van der Waals surface area (Å²) in [6, 6.07) is 4.86. The summed E-state index contributed by atoms with van der Waals surface area (Å²) in [7, 11) is 1.43. The van der Waals surface area contributed by atoms with Gasteiger partial charge in [-0.15, -0.1) is 12.4 Å². The predicted octanol–water partition coefficient (Wildman–Crippen LogP) is 1.27. The average Bonchev–Trinajstić information content (AvgIpc) is 2.16. The van der Waals surface area contributed by atoms with E-state index in [0.717, 1.165) is 5.56 Å². The third-order valence-corrected chi connectivity index (χ3v) is 1.73. The van der Waals surface area contributed by atoms with Crippen LogP contribution in [-0.4, -0.2) is 18.2 Å². The molecule has 1 rings (SSSR count). The molecule has 0 radical (unpaired) electrons. The zero-order chi connectivity index (χ0) is 9.84. The Hall–Kier alpha value is -1.26. The molecule has 0 aromatic heterocycles. The average molecular weight is 218 g/mol. The van der Waals surface area contributed by atoms with Crippen molar-refractivity contribution in [1.29, 1.82) is 0 Å². The van der Waals surface area contributed by atoms with E-state index >= 15 is 0 Å². The normalized spacial score (nSPS) is 9.00. The highest BCUT2D eigenvalue weighted by molar-refractivity contribution is 5.91. The minimum absolute atomic E-state index is 0. The van der Waals surface area contributed by atoms with Crippen LogP contribution in [0.5, 0.6) is 5.75 Å².